The molecule has 0 saturated carbocycles. The van der Waals surface area contributed by atoms with Gasteiger partial charge in [0.05, 0.1) is 12.9 Å². The summed E-state index contributed by atoms with van der Waals surface area (Å²) in [5.74, 6) is 0.184. The molecule has 0 saturated heterocycles. The second-order valence-corrected chi connectivity index (χ2v) is 9.63. The van der Waals surface area contributed by atoms with Crippen molar-refractivity contribution in [2.75, 3.05) is 12.9 Å². The van der Waals surface area contributed by atoms with Gasteiger partial charge in [-0.1, -0.05) is 72.7 Å². The van der Waals surface area contributed by atoms with Crippen LogP contribution in [0.25, 0.3) is 17.1 Å². The van der Waals surface area contributed by atoms with E-state index in [0.717, 1.165) is 15.7 Å². The molecule has 7 nitrogen and oxygen atoms in total. The summed E-state index contributed by atoms with van der Waals surface area (Å²) in [6.45, 7) is 6.50. The van der Waals surface area contributed by atoms with Gasteiger partial charge in [-0.05, 0) is 35.2 Å². The average Bonchev–Trinajstić information content (AvgIpc) is 3.16. The quantitative estimate of drug-likeness (QED) is 0.495. The van der Waals surface area contributed by atoms with Gasteiger partial charge in [0, 0.05) is 15.7 Å². The number of imide groups is 1. The summed E-state index contributed by atoms with van der Waals surface area (Å²) >= 11 is 4.64. The average molecular weight is 503 g/mol. The molecule has 3 rings (SSSR count). The van der Waals surface area contributed by atoms with Crippen LogP contribution < -0.4 is 5.32 Å². The Kier molecular flexibility index (Phi) is 7.17. The maximum Gasteiger partial charge on any atom is 0.413 e. The minimum atomic E-state index is -0.792. The highest BCUT2D eigenvalue weighted by molar-refractivity contribution is 9.10. The van der Waals surface area contributed by atoms with Crippen LogP contribution in [0.5, 0.6) is 0 Å². The van der Waals surface area contributed by atoms with Crippen LogP contribution in [0.2, 0.25) is 0 Å². The lowest BCUT2D eigenvalue weighted by Gasteiger charge is -2.19. The van der Waals surface area contributed by atoms with Gasteiger partial charge < -0.3 is 4.74 Å². The normalized spacial score (nSPS) is 11.3. The highest BCUT2D eigenvalue weighted by atomic mass is 79.9. The third-order valence-electron chi connectivity index (χ3n) is 4.49. The van der Waals surface area contributed by atoms with Crippen LogP contribution in [0.4, 0.5) is 4.79 Å². The second kappa shape index (κ2) is 9.65. The number of halogens is 1. The van der Waals surface area contributed by atoms with Crippen molar-refractivity contribution in [1.82, 2.24) is 20.1 Å². The molecule has 0 atom stereocenters. The van der Waals surface area contributed by atoms with Crippen LogP contribution in [0.3, 0.4) is 0 Å². The van der Waals surface area contributed by atoms with Crippen LogP contribution in [-0.2, 0) is 14.9 Å². The van der Waals surface area contributed by atoms with Gasteiger partial charge >= 0.3 is 6.09 Å². The van der Waals surface area contributed by atoms with Gasteiger partial charge in [0.2, 0.25) is 5.91 Å². The van der Waals surface area contributed by atoms with Crippen molar-refractivity contribution in [3.8, 4) is 17.1 Å². The van der Waals surface area contributed by atoms with Crippen LogP contribution >= 0.6 is 27.7 Å². The lowest BCUT2D eigenvalue weighted by molar-refractivity contribution is -0.117. The molecule has 3 aromatic rings. The summed E-state index contributed by atoms with van der Waals surface area (Å²) < 4.78 is 7.30. The number of alkyl carbamates (subject to hydrolysis) is 1. The zero-order valence-electron chi connectivity index (χ0n) is 17.7. The summed E-state index contributed by atoms with van der Waals surface area (Å²) in [6, 6.07) is 16.0. The number of rotatable bonds is 5. The molecule has 31 heavy (non-hydrogen) atoms. The third kappa shape index (κ3) is 5.74. The van der Waals surface area contributed by atoms with Crippen molar-refractivity contribution in [1.29, 1.82) is 0 Å². The number of amides is 2. The third-order valence-corrected chi connectivity index (χ3v) is 5.94. The molecule has 0 radical (unpaired) electrons. The van der Waals surface area contributed by atoms with Gasteiger partial charge in [-0.3, -0.25) is 14.7 Å². The van der Waals surface area contributed by atoms with E-state index in [1.807, 2.05) is 41.0 Å². The zero-order valence-corrected chi connectivity index (χ0v) is 20.1. The number of methoxy groups -OCH3 is 1. The Morgan fingerprint density at radius 1 is 1.06 bits per heavy atom. The predicted octanol–water partition coefficient (Wildman–Crippen LogP) is 4.97. The van der Waals surface area contributed by atoms with Gasteiger partial charge in [0.1, 0.15) is 0 Å². The Bertz CT molecular complexity index is 1070. The summed E-state index contributed by atoms with van der Waals surface area (Å²) in [7, 11) is 1.21. The Morgan fingerprint density at radius 3 is 2.29 bits per heavy atom. The van der Waals surface area contributed by atoms with E-state index in [-0.39, 0.29) is 11.2 Å². The van der Waals surface area contributed by atoms with Crippen molar-refractivity contribution in [3.05, 3.63) is 58.6 Å². The Balaban J connectivity index is 1.95. The lowest BCUT2D eigenvalue weighted by Crippen LogP contribution is -2.31. The molecule has 0 bridgehead atoms. The van der Waals surface area contributed by atoms with Crippen molar-refractivity contribution >= 4 is 39.7 Å². The second-order valence-electron chi connectivity index (χ2n) is 7.77. The fraction of sp³-hybridized carbons (Fsp3) is 0.273. The fourth-order valence-electron chi connectivity index (χ4n) is 2.82. The monoisotopic (exact) mass is 502 g/mol. The minimum Gasteiger partial charge on any atom is -0.453 e. The molecule has 9 heteroatoms. The van der Waals surface area contributed by atoms with Crippen LogP contribution in [0, 0.1) is 0 Å². The van der Waals surface area contributed by atoms with Crippen LogP contribution in [0.15, 0.2) is 58.2 Å². The summed E-state index contributed by atoms with van der Waals surface area (Å²) in [5.41, 5.74) is 3.04. The number of aromatic nitrogens is 3. The first kappa shape index (κ1) is 23.0. The molecule has 0 unspecified atom stereocenters. The Morgan fingerprint density at radius 2 is 1.71 bits per heavy atom. The Hall–Kier alpha value is -2.65. The van der Waals surface area contributed by atoms with E-state index in [4.69, 9.17) is 0 Å². The molecule has 0 aliphatic carbocycles. The number of ether oxygens (including phenoxy) is 1. The summed E-state index contributed by atoms with van der Waals surface area (Å²) in [5, 5.41) is 11.4. The Labute approximate surface area is 193 Å². The summed E-state index contributed by atoms with van der Waals surface area (Å²) in [6.07, 6.45) is -0.792. The van der Waals surface area contributed by atoms with E-state index in [1.54, 1.807) is 0 Å². The van der Waals surface area contributed by atoms with Crippen LogP contribution in [-0.4, -0.2) is 39.6 Å². The SMILES string of the molecule is COC(=O)NC(=O)CSc1nnc(-c2ccc(C(C)(C)C)cc2)n1-c1ccc(Br)cc1. The molecule has 1 heterocycles. The van der Waals surface area contributed by atoms with Gasteiger partial charge in [-0.25, -0.2) is 4.79 Å². The number of nitrogens with one attached hydrogen (secondary N) is 1. The minimum absolute atomic E-state index is 0.00722. The van der Waals surface area contributed by atoms with Gasteiger partial charge in [0.15, 0.2) is 11.0 Å². The molecule has 0 aliphatic rings. The first-order valence-corrected chi connectivity index (χ1v) is 11.3. The van der Waals surface area contributed by atoms with E-state index in [2.05, 4.69) is 69.1 Å². The number of thioether (sulfide) groups is 1. The molecular weight excluding hydrogens is 480 g/mol. The van der Waals surface area contributed by atoms with Gasteiger partial charge in [0.25, 0.3) is 0 Å². The van der Waals surface area contributed by atoms with Gasteiger partial charge in [-0.15, -0.1) is 10.2 Å². The zero-order chi connectivity index (χ0) is 22.6. The first-order chi connectivity index (χ1) is 14.7. The topological polar surface area (TPSA) is 86.1 Å². The molecule has 0 aliphatic heterocycles. The number of benzene rings is 2. The van der Waals surface area contributed by atoms with E-state index in [1.165, 1.54) is 24.4 Å². The highest BCUT2D eigenvalue weighted by Crippen LogP contribution is 2.30. The maximum absolute atomic E-state index is 12.0. The first-order valence-electron chi connectivity index (χ1n) is 9.52. The number of hydrogen-bond donors (Lipinski definition) is 1. The standard InChI is InChI=1S/C22H23BrN4O3S/c1-22(2,3)15-7-5-14(6-8-15)19-25-26-20(31-13-18(28)24-21(29)30-4)27(19)17-11-9-16(23)10-12-17/h5-12H,13H2,1-4H3,(H,24,28,29). The van der Waals surface area contributed by atoms with E-state index in [0.29, 0.717) is 11.0 Å². The largest absolute Gasteiger partial charge is 0.453 e. The molecule has 1 aromatic heterocycles. The van der Waals surface area contributed by atoms with E-state index < -0.39 is 12.0 Å². The van der Waals surface area contributed by atoms with E-state index in [9.17, 15) is 9.59 Å². The highest BCUT2D eigenvalue weighted by Gasteiger charge is 2.19. The van der Waals surface area contributed by atoms with E-state index >= 15 is 0 Å². The lowest BCUT2D eigenvalue weighted by atomic mass is 9.87. The van der Waals surface area contributed by atoms with Crippen molar-refractivity contribution in [3.63, 3.8) is 0 Å². The number of carbonyl (C=O) groups is 2. The predicted molar refractivity (Wildman–Crippen MR) is 124 cm³/mol. The summed E-state index contributed by atoms with van der Waals surface area (Å²) in [4.78, 5) is 23.2. The molecule has 1 N–H and O–H groups in total. The van der Waals surface area contributed by atoms with Gasteiger partial charge in [-0.2, -0.15) is 0 Å². The maximum atomic E-state index is 12.0. The molecule has 162 valence electrons. The van der Waals surface area contributed by atoms with Crippen molar-refractivity contribution in [2.45, 2.75) is 31.3 Å². The molecular formula is C22H23BrN4O3S. The number of carbonyl (C=O) groups excluding carboxylic acids is 2. The number of nitrogens with zero attached hydrogens (tertiary/aromatic N) is 3. The number of hydrogen-bond acceptors (Lipinski definition) is 6. The molecule has 2 amide bonds. The van der Waals surface area contributed by atoms with Crippen molar-refractivity contribution < 1.29 is 14.3 Å². The molecule has 0 spiro atoms. The smallest absolute Gasteiger partial charge is 0.413 e. The molecule has 2 aromatic carbocycles. The molecule has 0 fully saturated rings. The van der Waals surface area contributed by atoms with Crippen molar-refractivity contribution in [2.24, 2.45) is 0 Å². The fourth-order valence-corrected chi connectivity index (χ4v) is 3.84. The van der Waals surface area contributed by atoms with Crippen LogP contribution in [0.1, 0.15) is 26.3 Å².